The Bertz CT molecular complexity index is 558. The number of aryl methyl sites for hydroxylation is 1. The molecule has 2 unspecified atom stereocenters. The molecular weight excluding hydrogens is 266 g/mol. The summed E-state index contributed by atoms with van der Waals surface area (Å²) in [6, 6.07) is 7.54. The van der Waals surface area contributed by atoms with Gasteiger partial charge in [-0.05, 0) is 30.9 Å². The lowest BCUT2D eigenvalue weighted by atomic mass is 9.96. The van der Waals surface area contributed by atoms with Crippen LogP contribution in [-0.2, 0) is 16.0 Å². The highest BCUT2D eigenvalue weighted by Crippen LogP contribution is 2.25. The van der Waals surface area contributed by atoms with Crippen LogP contribution in [-0.4, -0.2) is 41.9 Å². The van der Waals surface area contributed by atoms with Crippen molar-refractivity contribution in [3.8, 4) is 0 Å². The van der Waals surface area contributed by atoms with Crippen molar-refractivity contribution >= 4 is 17.5 Å². The van der Waals surface area contributed by atoms with Gasteiger partial charge in [-0.15, -0.1) is 0 Å². The molecule has 2 N–H and O–H groups in total. The summed E-state index contributed by atoms with van der Waals surface area (Å²) in [4.78, 5) is 26.4. The third kappa shape index (κ3) is 2.60. The molecule has 2 atom stereocenters. The Kier molecular flexibility index (Phi) is 3.82. The molecular formula is C16H21N3O2. The fraction of sp³-hybridized carbons (Fsp3) is 0.500. The smallest absolute Gasteiger partial charge is 0.245 e. The number of anilines is 1. The van der Waals surface area contributed by atoms with Gasteiger partial charge >= 0.3 is 0 Å². The standard InChI is InChI=1S/C16H21N3O2/c1-2-14-15(20)17-9-10-19(14)16(21)13-8-7-11-5-3-4-6-12(11)18-13/h3-6,13-14,18H,2,7-10H2,1H3,(H,17,20). The van der Waals surface area contributed by atoms with E-state index < -0.39 is 0 Å². The molecule has 0 radical (unpaired) electrons. The van der Waals surface area contributed by atoms with Gasteiger partial charge in [-0.25, -0.2) is 0 Å². The normalized spacial score (nSPS) is 24.8. The molecule has 1 saturated heterocycles. The number of nitrogens with zero attached hydrogens (tertiary/aromatic N) is 1. The molecule has 0 bridgehead atoms. The summed E-state index contributed by atoms with van der Waals surface area (Å²) in [6.45, 7) is 3.09. The number of carbonyl (C=O) groups is 2. The first-order chi connectivity index (χ1) is 10.2. The van der Waals surface area contributed by atoms with Crippen molar-refractivity contribution < 1.29 is 9.59 Å². The van der Waals surface area contributed by atoms with E-state index in [9.17, 15) is 9.59 Å². The molecule has 5 heteroatoms. The molecule has 2 heterocycles. The van der Waals surface area contributed by atoms with Crippen LogP contribution in [0.3, 0.4) is 0 Å². The predicted molar refractivity (Wildman–Crippen MR) is 81.0 cm³/mol. The number of rotatable bonds is 2. The monoisotopic (exact) mass is 287 g/mol. The SMILES string of the molecule is CCC1C(=O)NCCN1C(=O)C1CCc2ccccc2N1. The predicted octanol–water partition coefficient (Wildman–Crippen LogP) is 1.15. The fourth-order valence-electron chi connectivity index (χ4n) is 3.21. The molecule has 2 aliphatic heterocycles. The van der Waals surface area contributed by atoms with E-state index in [4.69, 9.17) is 0 Å². The Morgan fingerprint density at radius 2 is 2.19 bits per heavy atom. The largest absolute Gasteiger partial charge is 0.373 e. The van der Waals surface area contributed by atoms with E-state index >= 15 is 0 Å². The lowest BCUT2D eigenvalue weighted by molar-refractivity contribution is -0.144. The highest BCUT2D eigenvalue weighted by molar-refractivity contribution is 5.92. The number of nitrogens with one attached hydrogen (secondary N) is 2. The molecule has 21 heavy (non-hydrogen) atoms. The Balaban J connectivity index is 1.75. The van der Waals surface area contributed by atoms with E-state index in [-0.39, 0.29) is 23.9 Å². The van der Waals surface area contributed by atoms with Crippen molar-refractivity contribution in [3.63, 3.8) is 0 Å². The van der Waals surface area contributed by atoms with Crippen LogP contribution in [0.2, 0.25) is 0 Å². The molecule has 1 aromatic rings. The molecule has 0 aliphatic carbocycles. The van der Waals surface area contributed by atoms with Crippen molar-refractivity contribution in [2.24, 2.45) is 0 Å². The van der Waals surface area contributed by atoms with Crippen molar-refractivity contribution in [3.05, 3.63) is 29.8 Å². The maximum Gasteiger partial charge on any atom is 0.245 e. The Labute approximate surface area is 124 Å². The van der Waals surface area contributed by atoms with Gasteiger partial charge in [0, 0.05) is 18.8 Å². The van der Waals surface area contributed by atoms with E-state index in [0.29, 0.717) is 19.5 Å². The number of carbonyl (C=O) groups excluding carboxylic acids is 2. The maximum atomic E-state index is 12.8. The molecule has 1 fully saturated rings. The van der Waals surface area contributed by atoms with Crippen LogP contribution in [0.15, 0.2) is 24.3 Å². The summed E-state index contributed by atoms with van der Waals surface area (Å²) in [5.41, 5.74) is 2.29. The quantitative estimate of drug-likeness (QED) is 0.858. The number of hydrogen-bond acceptors (Lipinski definition) is 3. The second-order valence-electron chi connectivity index (χ2n) is 5.64. The van der Waals surface area contributed by atoms with E-state index in [1.54, 1.807) is 4.90 Å². The third-order valence-corrected chi connectivity index (χ3v) is 4.35. The summed E-state index contributed by atoms with van der Waals surface area (Å²) in [6.07, 6.45) is 2.34. The molecule has 0 saturated carbocycles. The first-order valence-corrected chi connectivity index (χ1v) is 7.63. The molecule has 112 valence electrons. The van der Waals surface area contributed by atoms with E-state index in [0.717, 1.165) is 18.5 Å². The summed E-state index contributed by atoms with van der Waals surface area (Å²) >= 11 is 0. The average Bonchev–Trinajstić information content (AvgIpc) is 2.53. The van der Waals surface area contributed by atoms with E-state index in [1.165, 1.54) is 5.56 Å². The van der Waals surface area contributed by atoms with Gasteiger partial charge in [0.2, 0.25) is 11.8 Å². The molecule has 3 rings (SSSR count). The van der Waals surface area contributed by atoms with E-state index in [1.807, 2.05) is 25.1 Å². The number of piperazine rings is 1. The number of amides is 2. The van der Waals surface area contributed by atoms with Gasteiger partial charge in [0.15, 0.2) is 0 Å². The zero-order valence-corrected chi connectivity index (χ0v) is 12.3. The van der Waals surface area contributed by atoms with Crippen molar-refractivity contribution in [1.82, 2.24) is 10.2 Å². The Morgan fingerprint density at radius 1 is 1.38 bits per heavy atom. The zero-order valence-electron chi connectivity index (χ0n) is 12.3. The second-order valence-corrected chi connectivity index (χ2v) is 5.64. The highest BCUT2D eigenvalue weighted by Gasteiger charge is 2.36. The summed E-state index contributed by atoms with van der Waals surface area (Å²) in [7, 11) is 0. The van der Waals surface area contributed by atoms with E-state index in [2.05, 4.69) is 16.7 Å². The minimum absolute atomic E-state index is 0.0340. The zero-order chi connectivity index (χ0) is 14.8. The van der Waals surface area contributed by atoms with Gasteiger partial charge in [0.25, 0.3) is 0 Å². The van der Waals surface area contributed by atoms with Gasteiger partial charge in [0.1, 0.15) is 12.1 Å². The average molecular weight is 287 g/mol. The number of para-hydroxylation sites is 1. The van der Waals surface area contributed by atoms with Crippen LogP contribution >= 0.6 is 0 Å². The van der Waals surface area contributed by atoms with Crippen LogP contribution in [0, 0.1) is 0 Å². The Hall–Kier alpha value is -2.04. The first kappa shape index (κ1) is 13.9. The summed E-state index contributed by atoms with van der Waals surface area (Å²) in [5, 5.41) is 6.16. The lowest BCUT2D eigenvalue weighted by Crippen LogP contribution is -2.60. The molecule has 5 nitrogen and oxygen atoms in total. The number of fused-ring (bicyclic) bond motifs is 1. The molecule has 2 amide bonds. The molecule has 0 spiro atoms. The minimum Gasteiger partial charge on any atom is -0.373 e. The van der Waals surface area contributed by atoms with Crippen LogP contribution < -0.4 is 10.6 Å². The van der Waals surface area contributed by atoms with Crippen LogP contribution in [0.1, 0.15) is 25.3 Å². The summed E-state index contributed by atoms with van der Waals surface area (Å²) in [5.74, 6) is 0.0134. The highest BCUT2D eigenvalue weighted by atomic mass is 16.2. The maximum absolute atomic E-state index is 12.8. The van der Waals surface area contributed by atoms with Gasteiger partial charge in [-0.3, -0.25) is 9.59 Å². The van der Waals surface area contributed by atoms with Gasteiger partial charge in [-0.1, -0.05) is 25.1 Å². The lowest BCUT2D eigenvalue weighted by Gasteiger charge is -2.38. The van der Waals surface area contributed by atoms with Crippen molar-refractivity contribution in [2.45, 2.75) is 38.3 Å². The molecule has 2 aliphatic rings. The number of benzene rings is 1. The van der Waals surface area contributed by atoms with Crippen LogP contribution in [0.5, 0.6) is 0 Å². The van der Waals surface area contributed by atoms with Gasteiger partial charge in [0.05, 0.1) is 0 Å². The number of hydrogen-bond donors (Lipinski definition) is 2. The van der Waals surface area contributed by atoms with Crippen molar-refractivity contribution in [2.75, 3.05) is 18.4 Å². The minimum atomic E-state index is -0.328. The third-order valence-electron chi connectivity index (χ3n) is 4.35. The fourth-order valence-corrected chi connectivity index (χ4v) is 3.21. The van der Waals surface area contributed by atoms with Crippen LogP contribution in [0.4, 0.5) is 5.69 Å². The first-order valence-electron chi connectivity index (χ1n) is 7.63. The van der Waals surface area contributed by atoms with Crippen LogP contribution in [0.25, 0.3) is 0 Å². The van der Waals surface area contributed by atoms with Gasteiger partial charge < -0.3 is 15.5 Å². The molecule has 0 aromatic heterocycles. The Morgan fingerprint density at radius 3 is 3.00 bits per heavy atom. The van der Waals surface area contributed by atoms with Crippen molar-refractivity contribution in [1.29, 1.82) is 0 Å². The molecule has 1 aromatic carbocycles. The van der Waals surface area contributed by atoms with Gasteiger partial charge in [-0.2, -0.15) is 0 Å². The second kappa shape index (κ2) is 5.76. The summed E-state index contributed by atoms with van der Waals surface area (Å²) < 4.78 is 0. The topological polar surface area (TPSA) is 61.4 Å².